The van der Waals surface area contributed by atoms with Gasteiger partial charge in [0.2, 0.25) is 0 Å². The van der Waals surface area contributed by atoms with Crippen molar-refractivity contribution in [2.45, 2.75) is 66.7 Å². The minimum absolute atomic E-state index is 0.616. The van der Waals surface area contributed by atoms with E-state index in [0.29, 0.717) is 5.41 Å². The Balaban J connectivity index is 1.98. The summed E-state index contributed by atoms with van der Waals surface area (Å²) in [4.78, 5) is 0. The average molecular weight is 222 g/mol. The highest BCUT2D eigenvalue weighted by Crippen LogP contribution is 2.57. The molecule has 2 aliphatic rings. The largest absolute Gasteiger partial charge is 0.0654 e. The number of rotatable bonds is 3. The van der Waals surface area contributed by atoms with Gasteiger partial charge in [-0.05, 0) is 54.3 Å². The summed E-state index contributed by atoms with van der Waals surface area (Å²) in [7, 11) is 0. The summed E-state index contributed by atoms with van der Waals surface area (Å²) in [6, 6.07) is 0. The van der Waals surface area contributed by atoms with Gasteiger partial charge in [-0.25, -0.2) is 0 Å². The summed E-state index contributed by atoms with van der Waals surface area (Å²) in [5.74, 6) is 5.17. The monoisotopic (exact) mass is 222 g/mol. The maximum Gasteiger partial charge on any atom is -0.0329 e. The predicted molar refractivity (Wildman–Crippen MR) is 71.3 cm³/mol. The summed E-state index contributed by atoms with van der Waals surface area (Å²) in [6.45, 7) is 12.3. The molecule has 0 aromatic rings. The molecule has 0 heterocycles. The zero-order valence-electron chi connectivity index (χ0n) is 11.9. The van der Waals surface area contributed by atoms with Gasteiger partial charge in [-0.15, -0.1) is 0 Å². The molecule has 2 fully saturated rings. The molecule has 0 radical (unpaired) electrons. The van der Waals surface area contributed by atoms with E-state index in [1.165, 1.54) is 32.1 Å². The summed E-state index contributed by atoms with van der Waals surface area (Å²) in [5.41, 5.74) is 0.616. The molecule has 0 amide bonds. The Hall–Kier alpha value is 0. The van der Waals surface area contributed by atoms with Crippen LogP contribution in [0.2, 0.25) is 0 Å². The van der Waals surface area contributed by atoms with Crippen LogP contribution in [0.1, 0.15) is 66.7 Å². The molecule has 0 spiro atoms. The highest BCUT2D eigenvalue weighted by atomic mass is 14.6. The highest BCUT2D eigenvalue weighted by Gasteiger charge is 2.50. The number of hydrogen-bond acceptors (Lipinski definition) is 0. The molecular formula is C16H30. The normalized spacial score (nSPS) is 46.7. The summed E-state index contributed by atoms with van der Waals surface area (Å²) in [5, 5.41) is 0. The Labute approximate surface area is 102 Å². The zero-order valence-corrected chi connectivity index (χ0v) is 11.9. The molecule has 0 aromatic carbocycles. The molecule has 0 nitrogen and oxygen atoms in total. The quantitative estimate of drug-likeness (QED) is 0.621. The third-order valence-corrected chi connectivity index (χ3v) is 5.44. The standard InChI is InChI=1S/C16H30/c1-6-7-13-8-14(10-16(4,5)9-13)15-11(2)12(15)3/h11-15H,6-10H2,1-5H3. The lowest BCUT2D eigenvalue weighted by Crippen LogP contribution is -2.30. The van der Waals surface area contributed by atoms with Crippen LogP contribution >= 0.6 is 0 Å². The van der Waals surface area contributed by atoms with Gasteiger partial charge in [-0.2, -0.15) is 0 Å². The van der Waals surface area contributed by atoms with E-state index in [1.54, 1.807) is 0 Å². The van der Waals surface area contributed by atoms with Crippen LogP contribution in [0.15, 0.2) is 0 Å². The first kappa shape index (κ1) is 12.5. The fraction of sp³-hybridized carbons (Fsp3) is 1.00. The van der Waals surface area contributed by atoms with Crippen LogP contribution in [-0.2, 0) is 0 Å². The topological polar surface area (TPSA) is 0 Å². The van der Waals surface area contributed by atoms with Crippen molar-refractivity contribution in [2.24, 2.45) is 35.0 Å². The SMILES string of the molecule is CCCC1CC(C2C(C)C2C)CC(C)(C)C1. The van der Waals surface area contributed by atoms with E-state index < -0.39 is 0 Å². The Morgan fingerprint density at radius 1 is 1.06 bits per heavy atom. The van der Waals surface area contributed by atoms with E-state index >= 15 is 0 Å². The molecule has 0 aromatic heterocycles. The van der Waals surface area contributed by atoms with Gasteiger partial charge in [0.1, 0.15) is 0 Å². The van der Waals surface area contributed by atoms with Gasteiger partial charge < -0.3 is 0 Å². The third-order valence-electron chi connectivity index (χ3n) is 5.44. The van der Waals surface area contributed by atoms with E-state index in [0.717, 1.165) is 29.6 Å². The lowest BCUT2D eigenvalue weighted by atomic mass is 9.65. The molecule has 0 bridgehead atoms. The van der Waals surface area contributed by atoms with Crippen molar-refractivity contribution in [1.29, 1.82) is 0 Å². The minimum Gasteiger partial charge on any atom is -0.0654 e. The molecule has 4 unspecified atom stereocenters. The van der Waals surface area contributed by atoms with Crippen LogP contribution in [0.5, 0.6) is 0 Å². The van der Waals surface area contributed by atoms with Crippen molar-refractivity contribution in [3.63, 3.8) is 0 Å². The van der Waals surface area contributed by atoms with Crippen molar-refractivity contribution in [2.75, 3.05) is 0 Å². The molecule has 94 valence electrons. The Morgan fingerprint density at radius 2 is 1.69 bits per heavy atom. The first-order chi connectivity index (χ1) is 7.44. The summed E-state index contributed by atoms with van der Waals surface area (Å²) < 4.78 is 0. The molecule has 16 heavy (non-hydrogen) atoms. The van der Waals surface area contributed by atoms with Gasteiger partial charge in [0, 0.05) is 0 Å². The average Bonchev–Trinajstić information content (AvgIpc) is 2.72. The van der Waals surface area contributed by atoms with Crippen molar-refractivity contribution in [3.8, 4) is 0 Å². The van der Waals surface area contributed by atoms with E-state index in [1.807, 2.05) is 0 Å². The van der Waals surface area contributed by atoms with Crippen molar-refractivity contribution in [1.82, 2.24) is 0 Å². The first-order valence-electron chi connectivity index (χ1n) is 7.44. The minimum atomic E-state index is 0.616. The van der Waals surface area contributed by atoms with Crippen molar-refractivity contribution in [3.05, 3.63) is 0 Å². The van der Waals surface area contributed by atoms with Gasteiger partial charge in [-0.3, -0.25) is 0 Å². The molecule has 4 atom stereocenters. The molecule has 2 rings (SSSR count). The van der Waals surface area contributed by atoms with E-state index in [-0.39, 0.29) is 0 Å². The first-order valence-corrected chi connectivity index (χ1v) is 7.44. The Morgan fingerprint density at radius 3 is 2.19 bits per heavy atom. The number of hydrogen-bond donors (Lipinski definition) is 0. The zero-order chi connectivity index (χ0) is 11.9. The second-order valence-corrected chi connectivity index (χ2v) is 7.52. The van der Waals surface area contributed by atoms with Crippen LogP contribution in [0.4, 0.5) is 0 Å². The van der Waals surface area contributed by atoms with Crippen LogP contribution in [0.3, 0.4) is 0 Å². The second-order valence-electron chi connectivity index (χ2n) is 7.52. The Kier molecular flexibility index (Phi) is 3.39. The maximum atomic E-state index is 2.50. The lowest BCUT2D eigenvalue weighted by Gasteiger charge is -2.41. The molecule has 2 aliphatic carbocycles. The fourth-order valence-electron chi connectivity index (χ4n) is 4.65. The van der Waals surface area contributed by atoms with Crippen LogP contribution in [0, 0.1) is 35.0 Å². The van der Waals surface area contributed by atoms with Crippen molar-refractivity contribution < 1.29 is 0 Å². The summed E-state index contributed by atoms with van der Waals surface area (Å²) >= 11 is 0. The van der Waals surface area contributed by atoms with Crippen LogP contribution in [0.25, 0.3) is 0 Å². The molecular weight excluding hydrogens is 192 g/mol. The van der Waals surface area contributed by atoms with Gasteiger partial charge in [-0.1, -0.05) is 47.5 Å². The smallest absolute Gasteiger partial charge is 0.0329 e. The van der Waals surface area contributed by atoms with E-state index in [4.69, 9.17) is 0 Å². The molecule has 2 saturated carbocycles. The van der Waals surface area contributed by atoms with Crippen LogP contribution in [-0.4, -0.2) is 0 Å². The maximum absolute atomic E-state index is 2.50. The second kappa shape index (κ2) is 4.35. The van der Waals surface area contributed by atoms with Crippen LogP contribution < -0.4 is 0 Å². The fourth-order valence-corrected chi connectivity index (χ4v) is 4.65. The van der Waals surface area contributed by atoms with Gasteiger partial charge in [0.05, 0.1) is 0 Å². The van der Waals surface area contributed by atoms with Gasteiger partial charge >= 0.3 is 0 Å². The van der Waals surface area contributed by atoms with Crippen molar-refractivity contribution >= 4 is 0 Å². The molecule has 0 saturated heterocycles. The van der Waals surface area contributed by atoms with E-state index in [9.17, 15) is 0 Å². The highest BCUT2D eigenvalue weighted by molar-refractivity contribution is 4.99. The molecule has 0 aliphatic heterocycles. The van der Waals surface area contributed by atoms with E-state index in [2.05, 4.69) is 34.6 Å². The third kappa shape index (κ3) is 2.46. The predicted octanol–water partition coefficient (Wildman–Crippen LogP) is 5.13. The molecule has 0 N–H and O–H groups in total. The lowest BCUT2D eigenvalue weighted by molar-refractivity contribution is 0.101. The summed E-state index contributed by atoms with van der Waals surface area (Å²) in [6.07, 6.45) is 7.36. The Bertz CT molecular complexity index is 232. The van der Waals surface area contributed by atoms with Gasteiger partial charge in [0.15, 0.2) is 0 Å². The van der Waals surface area contributed by atoms with Gasteiger partial charge in [0.25, 0.3) is 0 Å². The molecule has 0 heteroatoms.